The van der Waals surface area contributed by atoms with E-state index in [4.69, 9.17) is 15.0 Å². The van der Waals surface area contributed by atoms with Crippen LogP contribution in [0, 0.1) is 0 Å². The van der Waals surface area contributed by atoms with E-state index in [1.54, 1.807) is 0 Å². The molecule has 0 N–H and O–H groups in total. The maximum Gasteiger partial charge on any atom is 0.164 e. The zero-order valence-electron chi connectivity index (χ0n) is 24.2. The summed E-state index contributed by atoms with van der Waals surface area (Å²) in [5, 5.41) is 7.37. The Hall–Kier alpha value is -5.71. The van der Waals surface area contributed by atoms with E-state index in [1.165, 1.54) is 41.9 Å². The highest BCUT2D eigenvalue weighted by atomic mass is 32.1. The van der Waals surface area contributed by atoms with Crippen LogP contribution in [-0.2, 0) is 0 Å². The van der Waals surface area contributed by atoms with Crippen LogP contribution in [0.5, 0.6) is 0 Å². The number of benzene rings is 7. The molecule has 9 rings (SSSR count). The normalized spacial score (nSPS) is 11.6. The molecule has 0 spiro atoms. The van der Waals surface area contributed by atoms with Crippen LogP contribution in [-0.4, -0.2) is 15.0 Å². The molecule has 210 valence electrons. The second-order valence-corrected chi connectivity index (χ2v) is 12.3. The molecule has 0 amide bonds. The maximum absolute atomic E-state index is 5.16. The van der Waals surface area contributed by atoms with Gasteiger partial charge in [0.2, 0.25) is 0 Å². The molecule has 0 aliphatic rings. The minimum atomic E-state index is 0.655. The molecule has 2 aromatic heterocycles. The van der Waals surface area contributed by atoms with Gasteiger partial charge in [-0.1, -0.05) is 140 Å². The van der Waals surface area contributed by atoms with Crippen LogP contribution in [0.2, 0.25) is 0 Å². The third-order valence-corrected chi connectivity index (χ3v) is 9.73. The first kappa shape index (κ1) is 25.8. The minimum absolute atomic E-state index is 0.655. The second-order valence-electron chi connectivity index (χ2n) is 11.2. The van der Waals surface area contributed by atoms with Gasteiger partial charge < -0.3 is 0 Å². The highest BCUT2D eigenvalue weighted by molar-refractivity contribution is 7.26. The van der Waals surface area contributed by atoms with Crippen LogP contribution < -0.4 is 0 Å². The number of rotatable bonds is 4. The van der Waals surface area contributed by atoms with Gasteiger partial charge in [0.05, 0.1) is 0 Å². The molecule has 0 fully saturated rings. The summed E-state index contributed by atoms with van der Waals surface area (Å²) in [6, 6.07) is 53.2. The molecule has 0 aliphatic carbocycles. The largest absolute Gasteiger partial charge is 0.208 e. The first-order chi connectivity index (χ1) is 22.3. The minimum Gasteiger partial charge on any atom is -0.208 e. The van der Waals surface area contributed by atoms with E-state index in [9.17, 15) is 0 Å². The lowest BCUT2D eigenvalue weighted by Gasteiger charge is -2.13. The van der Waals surface area contributed by atoms with Gasteiger partial charge in [-0.15, -0.1) is 11.3 Å². The van der Waals surface area contributed by atoms with Gasteiger partial charge in [0.15, 0.2) is 17.5 Å². The lowest BCUT2D eigenvalue weighted by Crippen LogP contribution is -2.00. The molecule has 2 heterocycles. The summed E-state index contributed by atoms with van der Waals surface area (Å²) in [5.74, 6) is 1.98. The molecular weight excluding hydrogens is 567 g/mol. The van der Waals surface area contributed by atoms with Gasteiger partial charge in [0.25, 0.3) is 0 Å². The van der Waals surface area contributed by atoms with E-state index in [0.29, 0.717) is 17.5 Å². The summed E-state index contributed by atoms with van der Waals surface area (Å²) in [6.45, 7) is 0. The molecule has 7 aromatic carbocycles. The summed E-state index contributed by atoms with van der Waals surface area (Å²) >= 11 is 1.86. The van der Waals surface area contributed by atoms with Crippen LogP contribution in [0.3, 0.4) is 0 Å². The fraction of sp³-hybridized carbons (Fsp3) is 0. The molecule has 0 unspecified atom stereocenters. The molecule has 0 radical (unpaired) electrons. The van der Waals surface area contributed by atoms with Crippen molar-refractivity contribution in [3.05, 3.63) is 152 Å². The molecule has 3 nitrogen and oxygen atoms in total. The van der Waals surface area contributed by atoms with Crippen molar-refractivity contribution in [2.75, 3.05) is 0 Å². The fourth-order valence-corrected chi connectivity index (χ4v) is 7.60. The summed E-state index contributed by atoms with van der Waals surface area (Å²) in [5.41, 5.74) is 5.25. The van der Waals surface area contributed by atoms with Crippen molar-refractivity contribution in [3.63, 3.8) is 0 Å². The summed E-state index contributed by atoms with van der Waals surface area (Å²) in [4.78, 5) is 15.3. The molecule has 9 aromatic rings. The van der Waals surface area contributed by atoms with Gasteiger partial charge in [-0.2, -0.15) is 0 Å². The van der Waals surface area contributed by atoms with Crippen molar-refractivity contribution >= 4 is 53.1 Å². The maximum atomic E-state index is 5.16. The smallest absolute Gasteiger partial charge is 0.164 e. The molecule has 0 bridgehead atoms. The van der Waals surface area contributed by atoms with Gasteiger partial charge in [0, 0.05) is 42.2 Å². The monoisotopic (exact) mass is 591 g/mol. The van der Waals surface area contributed by atoms with Gasteiger partial charge in [-0.05, 0) is 39.4 Å². The van der Waals surface area contributed by atoms with Crippen molar-refractivity contribution in [1.29, 1.82) is 0 Å². The molecule has 0 aliphatic heterocycles. The predicted octanol–water partition coefficient (Wildman–Crippen LogP) is 11.2. The van der Waals surface area contributed by atoms with E-state index in [-0.39, 0.29) is 0 Å². The Bertz CT molecular complexity index is 2520. The molecule has 0 saturated carbocycles. The Kier molecular flexibility index (Phi) is 6.00. The standard InChI is InChI=1S/C41H25N3S/c1-3-11-26(12-4-1)27-19-21-29(22-20-27)40-42-39(28-13-5-2-6-14-28)43-41(44-40)35-25-30-15-7-8-16-31(30)37-33(35)23-24-34-32-17-9-10-18-36(32)45-38(34)37/h1-25H. The first-order valence-corrected chi connectivity index (χ1v) is 15.9. The number of aromatic nitrogens is 3. The molecule has 0 atom stereocenters. The quantitative estimate of drug-likeness (QED) is 0.191. The van der Waals surface area contributed by atoms with Crippen molar-refractivity contribution in [2.45, 2.75) is 0 Å². The number of fused-ring (bicyclic) bond motifs is 7. The Morgan fingerprint density at radius 1 is 0.378 bits per heavy atom. The summed E-state index contributed by atoms with van der Waals surface area (Å²) < 4.78 is 2.59. The molecule has 45 heavy (non-hydrogen) atoms. The molecular formula is C41H25N3S. The van der Waals surface area contributed by atoms with Crippen molar-refractivity contribution in [3.8, 4) is 45.3 Å². The highest BCUT2D eigenvalue weighted by Gasteiger charge is 2.18. The Morgan fingerprint density at radius 2 is 0.911 bits per heavy atom. The lowest BCUT2D eigenvalue weighted by atomic mass is 9.95. The van der Waals surface area contributed by atoms with Crippen LogP contribution >= 0.6 is 11.3 Å². The van der Waals surface area contributed by atoms with Crippen molar-refractivity contribution in [1.82, 2.24) is 15.0 Å². The highest BCUT2D eigenvalue weighted by Crippen LogP contribution is 2.44. The molecule has 0 saturated heterocycles. The Balaban J connectivity index is 1.31. The van der Waals surface area contributed by atoms with Crippen molar-refractivity contribution in [2.24, 2.45) is 0 Å². The molecule has 4 heteroatoms. The van der Waals surface area contributed by atoms with E-state index in [1.807, 2.05) is 35.6 Å². The zero-order valence-corrected chi connectivity index (χ0v) is 25.0. The summed E-state index contributed by atoms with van der Waals surface area (Å²) in [6.07, 6.45) is 0. The average molecular weight is 592 g/mol. The number of hydrogen-bond donors (Lipinski definition) is 0. The number of nitrogens with zero attached hydrogens (tertiary/aromatic N) is 3. The third-order valence-electron chi connectivity index (χ3n) is 8.53. The zero-order chi connectivity index (χ0) is 29.7. The number of hydrogen-bond acceptors (Lipinski definition) is 4. The third kappa shape index (κ3) is 4.38. The Labute approximate surface area is 264 Å². The van der Waals surface area contributed by atoms with Crippen LogP contribution in [0.1, 0.15) is 0 Å². The lowest BCUT2D eigenvalue weighted by molar-refractivity contribution is 1.08. The van der Waals surface area contributed by atoms with Gasteiger partial charge in [-0.25, -0.2) is 15.0 Å². The fourth-order valence-electron chi connectivity index (χ4n) is 6.33. The van der Waals surface area contributed by atoms with E-state index in [0.717, 1.165) is 27.6 Å². The Morgan fingerprint density at radius 3 is 1.67 bits per heavy atom. The van der Waals surface area contributed by atoms with Crippen molar-refractivity contribution < 1.29 is 0 Å². The predicted molar refractivity (Wildman–Crippen MR) is 189 cm³/mol. The van der Waals surface area contributed by atoms with Gasteiger partial charge >= 0.3 is 0 Å². The SMILES string of the molecule is c1ccc(-c2ccc(-c3nc(-c4ccccc4)nc(-c4cc5ccccc5c5c4ccc4c6ccccc6sc45)n3)cc2)cc1. The van der Waals surface area contributed by atoms with Gasteiger partial charge in [0.1, 0.15) is 0 Å². The van der Waals surface area contributed by atoms with Crippen LogP contribution in [0.25, 0.3) is 87.0 Å². The topological polar surface area (TPSA) is 38.7 Å². The second kappa shape index (κ2) is 10.5. The first-order valence-electron chi connectivity index (χ1n) is 15.0. The van der Waals surface area contributed by atoms with E-state index in [2.05, 4.69) is 127 Å². The average Bonchev–Trinajstić information content (AvgIpc) is 3.51. The van der Waals surface area contributed by atoms with E-state index >= 15 is 0 Å². The number of thiophene rings is 1. The van der Waals surface area contributed by atoms with Gasteiger partial charge in [-0.3, -0.25) is 0 Å². The van der Waals surface area contributed by atoms with Crippen LogP contribution in [0.15, 0.2) is 152 Å². The summed E-state index contributed by atoms with van der Waals surface area (Å²) in [7, 11) is 0. The van der Waals surface area contributed by atoms with Crippen LogP contribution in [0.4, 0.5) is 0 Å². The van der Waals surface area contributed by atoms with E-state index < -0.39 is 0 Å².